The largest absolute Gasteiger partial charge is 0.394 e. The summed E-state index contributed by atoms with van der Waals surface area (Å²) < 4.78 is 4.76. The summed E-state index contributed by atoms with van der Waals surface area (Å²) in [5, 5.41) is 42.4. The molecule has 0 spiro atoms. The molecule has 1 aliphatic rings. The molecule has 0 amide bonds. The van der Waals surface area contributed by atoms with Gasteiger partial charge in [0.05, 0.1) is 6.61 Å². The minimum absolute atomic E-state index is 0.591. The fourth-order valence-corrected chi connectivity index (χ4v) is 1.41. The molecule has 16 heavy (non-hydrogen) atoms. The van der Waals surface area contributed by atoms with Crippen molar-refractivity contribution in [1.29, 1.82) is 0 Å². The minimum atomic E-state index is -1.59. The molecule has 92 valence electrons. The molecule has 0 saturated carbocycles. The molecule has 1 aliphatic heterocycles. The van der Waals surface area contributed by atoms with Gasteiger partial charge < -0.3 is 20.1 Å². The third kappa shape index (κ3) is 2.58. The predicted octanol–water partition coefficient (Wildman–Crippen LogP) is -1.47. The molecule has 10 heteroatoms. The van der Waals surface area contributed by atoms with Gasteiger partial charge in [-0.1, -0.05) is 10.2 Å². The second-order valence-corrected chi connectivity index (χ2v) is 3.07. The Morgan fingerprint density at radius 3 is 2.62 bits per heavy atom. The average Bonchev–Trinajstić information content (AvgIpc) is 2.28. The summed E-state index contributed by atoms with van der Waals surface area (Å²) in [6.07, 6.45) is -5.52. The summed E-state index contributed by atoms with van der Waals surface area (Å²) in [6, 6.07) is -1.31. The maximum absolute atomic E-state index is 9.58. The Kier molecular flexibility index (Phi) is 4.86. The van der Waals surface area contributed by atoms with E-state index in [2.05, 4.69) is 20.0 Å². The highest BCUT2D eigenvalue weighted by Crippen LogP contribution is 2.24. The van der Waals surface area contributed by atoms with Crippen molar-refractivity contribution in [3.63, 3.8) is 0 Å². The van der Waals surface area contributed by atoms with Gasteiger partial charge in [-0.25, -0.2) is 5.26 Å². The van der Waals surface area contributed by atoms with E-state index >= 15 is 0 Å². The van der Waals surface area contributed by atoms with Crippen molar-refractivity contribution in [3.05, 3.63) is 10.4 Å². The molecule has 2 unspecified atom stereocenters. The predicted molar refractivity (Wildman–Crippen MR) is 45.5 cm³/mol. The van der Waals surface area contributed by atoms with Gasteiger partial charge in [-0.15, -0.1) is 0 Å². The van der Waals surface area contributed by atoms with Gasteiger partial charge in [0.25, 0.3) is 0 Å². The fraction of sp³-hybridized carbons (Fsp3) is 1.00. The first-order chi connectivity index (χ1) is 7.65. The van der Waals surface area contributed by atoms with Gasteiger partial charge in [-0.3, -0.25) is 0 Å². The molecular weight excluding hydrogens is 226 g/mol. The molecular formula is C6H11N3O7. The summed E-state index contributed by atoms with van der Waals surface area (Å²) >= 11 is 0. The van der Waals surface area contributed by atoms with Crippen LogP contribution in [0.2, 0.25) is 0 Å². The zero-order valence-electron chi connectivity index (χ0n) is 7.95. The summed E-state index contributed by atoms with van der Waals surface area (Å²) in [7, 11) is 0. The number of hydrogen-bond donors (Lipinski definition) is 4. The number of rotatable bonds is 4. The number of azide groups is 1. The maximum Gasteiger partial charge on any atom is 0.166 e. The molecule has 0 aromatic carbocycles. The number of nitrogens with zero attached hydrogens (tertiary/aromatic N) is 3. The van der Waals surface area contributed by atoms with Gasteiger partial charge in [0.2, 0.25) is 0 Å². The molecule has 0 radical (unpaired) electrons. The van der Waals surface area contributed by atoms with Gasteiger partial charge in [-0.2, -0.15) is 4.89 Å². The quantitative estimate of drug-likeness (QED) is 0.153. The highest BCUT2D eigenvalue weighted by molar-refractivity contribution is 4.93. The summed E-state index contributed by atoms with van der Waals surface area (Å²) in [5.74, 6) is 0. The van der Waals surface area contributed by atoms with Crippen LogP contribution in [0.4, 0.5) is 0 Å². The van der Waals surface area contributed by atoms with Crippen LogP contribution >= 0.6 is 0 Å². The molecule has 0 aliphatic carbocycles. The third-order valence-corrected chi connectivity index (χ3v) is 2.18. The van der Waals surface area contributed by atoms with Gasteiger partial charge in [-0.05, 0) is 5.53 Å². The monoisotopic (exact) mass is 237 g/mol. The first kappa shape index (κ1) is 13.1. The summed E-state index contributed by atoms with van der Waals surface area (Å²) in [6.45, 7) is -0.591. The number of ether oxygens (including phenoxy) is 1. The van der Waals surface area contributed by atoms with Gasteiger partial charge >= 0.3 is 0 Å². The van der Waals surface area contributed by atoms with Crippen molar-refractivity contribution in [1.82, 2.24) is 0 Å². The Bertz CT molecular complexity index is 271. The molecule has 10 nitrogen and oxygen atoms in total. The van der Waals surface area contributed by atoms with E-state index in [1.165, 1.54) is 0 Å². The van der Waals surface area contributed by atoms with Crippen molar-refractivity contribution in [3.8, 4) is 0 Å². The summed E-state index contributed by atoms with van der Waals surface area (Å²) in [5.41, 5.74) is 8.23. The van der Waals surface area contributed by atoms with Crippen LogP contribution in [0.3, 0.4) is 0 Å². The second kappa shape index (κ2) is 5.94. The highest BCUT2D eigenvalue weighted by atomic mass is 17.5. The van der Waals surface area contributed by atoms with E-state index in [1.54, 1.807) is 0 Å². The molecule has 0 aromatic heterocycles. The van der Waals surface area contributed by atoms with E-state index in [0.717, 1.165) is 0 Å². The smallest absolute Gasteiger partial charge is 0.166 e. The standard InChI is InChI=1S/C6H11N3O7/c7-9-8-3-5(15-16-13)4(11)2(1-10)14-6(3)12/h2-6,10-13H,1H2/t2?,3?,4-,5-,6-/m1/s1. The topological polar surface area (TPSA) is 157 Å². The molecule has 1 saturated heterocycles. The Morgan fingerprint density at radius 2 is 2.12 bits per heavy atom. The van der Waals surface area contributed by atoms with E-state index in [-0.39, 0.29) is 0 Å². The lowest BCUT2D eigenvalue weighted by Gasteiger charge is -2.38. The minimum Gasteiger partial charge on any atom is -0.394 e. The Morgan fingerprint density at radius 1 is 1.44 bits per heavy atom. The van der Waals surface area contributed by atoms with Crippen molar-refractivity contribution < 1.29 is 35.2 Å². The molecule has 1 heterocycles. The van der Waals surface area contributed by atoms with Crippen LogP contribution in [0.5, 0.6) is 0 Å². The number of aliphatic hydroxyl groups excluding tert-OH is 3. The van der Waals surface area contributed by atoms with E-state index in [0.29, 0.717) is 0 Å². The lowest BCUT2D eigenvalue weighted by atomic mass is 9.98. The average molecular weight is 237 g/mol. The molecule has 5 atom stereocenters. The van der Waals surface area contributed by atoms with Gasteiger partial charge in [0.15, 0.2) is 6.29 Å². The summed E-state index contributed by atoms with van der Waals surface area (Å²) in [4.78, 5) is 6.67. The van der Waals surface area contributed by atoms with Crippen LogP contribution < -0.4 is 0 Å². The molecule has 0 bridgehead atoms. The first-order valence-electron chi connectivity index (χ1n) is 4.29. The molecule has 0 aromatic rings. The molecule has 4 N–H and O–H groups in total. The molecule has 1 rings (SSSR count). The highest BCUT2D eigenvalue weighted by Gasteiger charge is 2.46. The number of hydrogen-bond acceptors (Lipinski definition) is 8. The Labute approximate surface area is 89.1 Å². The van der Waals surface area contributed by atoms with Crippen LogP contribution in [0.1, 0.15) is 0 Å². The van der Waals surface area contributed by atoms with Crippen LogP contribution in [0, 0.1) is 0 Å². The van der Waals surface area contributed by atoms with Crippen molar-refractivity contribution >= 4 is 0 Å². The molecule has 1 fully saturated rings. The third-order valence-electron chi connectivity index (χ3n) is 2.18. The lowest BCUT2D eigenvalue weighted by Crippen LogP contribution is -2.58. The van der Waals surface area contributed by atoms with E-state index in [9.17, 15) is 10.2 Å². The van der Waals surface area contributed by atoms with Crippen LogP contribution in [-0.4, -0.2) is 57.8 Å². The zero-order valence-corrected chi connectivity index (χ0v) is 7.95. The van der Waals surface area contributed by atoms with Gasteiger partial charge in [0, 0.05) is 4.91 Å². The van der Waals surface area contributed by atoms with Crippen molar-refractivity contribution in [2.24, 2.45) is 5.11 Å². The van der Waals surface area contributed by atoms with E-state index in [4.69, 9.17) is 20.6 Å². The van der Waals surface area contributed by atoms with Crippen LogP contribution in [-0.2, 0) is 14.7 Å². The van der Waals surface area contributed by atoms with Gasteiger partial charge in [0.1, 0.15) is 24.4 Å². The van der Waals surface area contributed by atoms with Crippen molar-refractivity contribution in [2.75, 3.05) is 6.61 Å². The Hall–Kier alpha value is -0.970. The van der Waals surface area contributed by atoms with Crippen LogP contribution in [0.15, 0.2) is 5.11 Å². The zero-order chi connectivity index (χ0) is 12.1. The van der Waals surface area contributed by atoms with Crippen molar-refractivity contribution in [2.45, 2.75) is 30.6 Å². The lowest BCUT2D eigenvalue weighted by molar-refractivity contribution is -0.520. The van der Waals surface area contributed by atoms with E-state index in [1.807, 2.05) is 0 Å². The SMILES string of the molecule is [N-]=[N+]=NC1[C@H](O)OC(CO)[C@@H](O)[C@@H]1OOO. The normalized spacial score (nSPS) is 39.1. The first-order valence-corrected chi connectivity index (χ1v) is 4.29. The Balaban J connectivity index is 2.86. The van der Waals surface area contributed by atoms with E-state index < -0.39 is 37.3 Å². The number of aliphatic hydroxyl groups is 3. The second-order valence-electron chi connectivity index (χ2n) is 3.07. The fourth-order valence-electron chi connectivity index (χ4n) is 1.41. The maximum atomic E-state index is 9.58. The van der Waals surface area contributed by atoms with Crippen LogP contribution in [0.25, 0.3) is 10.4 Å².